The number of morpholine rings is 1. The van der Waals surface area contributed by atoms with Crippen LogP contribution in [0.15, 0.2) is 16.8 Å². The SMILES string of the molecule is O=C(c1ccsc1)N1CCCC(C(=O)N2CCOCC2)C1. The average molecular weight is 308 g/mol. The van der Waals surface area contributed by atoms with Crippen LogP contribution in [-0.2, 0) is 9.53 Å². The van der Waals surface area contributed by atoms with Crippen molar-refractivity contribution in [1.82, 2.24) is 9.80 Å². The van der Waals surface area contributed by atoms with E-state index in [0.717, 1.165) is 24.9 Å². The second-order valence-electron chi connectivity index (χ2n) is 5.54. The number of piperidine rings is 1. The van der Waals surface area contributed by atoms with Crippen LogP contribution in [0.2, 0.25) is 0 Å². The van der Waals surface area contributed by atoms with Gasteiger partial charge < -0.3 is 14.5 Å². The summed E-state index contributed by atoms with van der Waals surface area (Å²) >= 11 is 1.53. The second kappa shape index (κ2) is 6.58. The molecule has 2 amide bonds. The van der Waals surface area contributed by atoms with E-state index >= 15 is 0 Å². The van der Waals surface area contributed by atoms with Crippen LogP contribution in [0.5, 0.6) is 0 Å². The first-order valence-corrected chi connectivity index (χ1v) is 8.38. The van der Waals surface area contributed by atoms with E-state index in [4.69, 9.17) is 4.74 Å². The molecule has 0 aliphatic carbocycles. The molecule has 0 aromatic carbocycles. The van der Waals surface area contributed by atoms with E-state index in [1.807, 2.05) is 26.6 Å². The maximum absolute atomic E-state index is 12.5. The number of rotatable bonds is 2. The van der Waals surface area contributed by atoms with Crippen molar-refractivity contribution in [2.75, 3.05) is 39.4 Å². The van der Waals surface area contributed by atoms with Crippen LogP contribution in [0, 0.1) is 5.92 Å². The molecule has 1 aromatic heterocycles. The predicted molar refractivity (Wildman–Crippen MR) is 80.3 cm³/mol. The summed E-state index contributed by atoms with van der Waals surface area (Å²) < 4.78 is 5.29. The van der Waals surface area contributed by atoms with Crippen LogP contribution in [0.3, 0.4) is 0 Å². The molecule has 0 radical (unpaired) electrons. The van der Waals surface area contributed by atoms with Crippen molar-refractivity contribution in [3.63, 3.8) is 0 Å². The van der Waals surface area contributed by atoms with Gasteiger partial charge in [0.15, 0.2) is 0 Å². The molecular formula is C15H20N2O3S. The van der Waals surface area contributed by atoms with Crippen molar-refractivity contribution in [3.05, 3.63) is 22.4 Å². The lowest BCUT2D eigenvalue weighted by Gasteiger charge is -2.36. The number of hydrogen-bond acceptors (Lipinski definition) is 4. The maximum Gasteiger partial charge on any atom is 0.254 e. The molecule has 1 aromatic rings. The van der Waals surface area contributed by atoms with E-state index in [0.29, 0.717) is 32.8 Å². The zero-order valence-electron chi connectivity index (χ0n) is 12.0. The molecule has 21 heavy (non-hydrogen) atoms. The molecule has 2 saturated heterocycles. The van der Waals surface area contributed by atoms with Gasteiger partial charge in [0.1, 0.15) is 0 Å². The fourth-order valence-corrected chi connectivity index (χ4v) is 3.60. The smallest absolute Gasteiger partial charge is 0.254 e. The molecule has 3 heterocycles. The van der Waals surface area contributed by atoms with Gasteiger partial charge >= 0.3 is 0 Å². The predicted octanol–water partition coefficient (Wildman–Crippen LogP) is 1.46. The molecule has 1 atom stereocenters. The Morgan fingerprint density at radius 1 is 1.19 bits per heavy atom. The topological polar surface area (TPSA) is 49.9 Å². The third-order valence-corrected chi connectivity index (χ3v) is 4.83. The van der Waals surface area contributed by atoms with E-state index in [1.54, 1.807) is 0 Å². The lowest BCUT2D eigenvalue weighted by Crippen LogP contribution is -2.49. The van der Waals surface area contributed by atoms with Crippen LogP contribution in [-0.4, -0.2) is 61.0 Å². The summed E-state index contributed by atoms with van der Waals surface area (Å²) in [4.78, 5) is 28.6. The van der Waals surface area contributed by atoms with E-state index in [9.17, 15) is 9.59 Å². The summed E-state index contributed by atoms with van der Waals surface area (Å²) in [6.07, 6.45) is 1.78. The molecule has 1 unspecified atom stereocenters. The highest BCUT2D eigenvalue weighted by atomic mass is 32.1. The molecule has 6 heteroatoms. The number of nitrogens with zero attached hydrogens (tertiary/aromatic N) is 2. The first-order chi connectivity index (χ1) is 10.3. The Labute approximate surface area is 128 Å². The van der Waals surface area contributed by atoms with E-state index < -0.39 is 0 Å². The van der Waals surface area contributed by atoms with Crippen molar-refractivity contribution in [2.24, 2.45) is 5.92 Å². The van der Waals surface area contributed by atoms with Gasteiger partial charge in [0.2, 0.25) is 5.91 Å². The standard InChI is InChI=1S/C15H20N2O3S/c18-14(16-5-7-20-8-6-16)12-2-1-4-17(10-12)15(19)13-3-9-21-11-13/h3,9,11-12H,1-2,4-8,10H2. The van der Waals surface area contributed by atoms with Crippen LogP contribution >= 0.6 is 11.3 Å². The Morgan fingerprint density at radius 3 is 2.71 bits per heavy atom. The third-order valence-electron chi connectivity index (χ3n) is 4.15. The van der Waals surface area contributed by atoms with Gasteiger partial charge in [-0.25, -0.2) is 0 Å². The number of carbonyl (C=O) groups excluding carboxylic acids is 2. The fourth-order valence-electron chi connectivity index (χ4n) is 2.97. The normalized spacial score (nSPS) is 23.1. The lowest BCUT2D eigenvalue weighted by molar-refractivity contribution is -0.141. The number of likely N-dealkylation sites (tertiary alicyclic amines) is 1. The molecule has 2 aliphatic heterocycles. The molecule has 5 nitrogen and oxygen atoms in total. The highest BCUT2D eigenvalue weighted by molar-refractivity contribution is 7.08. The summed E-state index contributed by atoms with van der Waals surface area (Å²) in [7, 11) is 0. The zero-order chi connectivity index (χ0) is 14.7. The number of carbonyl (C=O) groups is 2. The van der Waals surface area contributed by atoms with Gasteiger partial charge in [0, 0.05) is 31.6 Å². The zero-order valence-corrected chi connectivity index (χ0v) is 12.8. The molecule has 2 aliphatic rings. The number of amides is 2. The molecular weight excluding hydrogens is 288 g/mol. The van der Waals surface area contributed by atoms with Gasteiger partial charge in [-0.3, -0.25) is 9.59 Å². The first kappa shape index (κ1) is 14.5. The summed E-state index contributed by atoms with van der Waals surface area (Å²) in [5, 5.41) is 3.78. The van der Waals surface area contributed by atoms with Gasteiger partial charge in [-0.2, -0.15) is 11.3 Å². The van der Waals surface area contributed by atoms with E-state index in [2.05, 4.69) is 0 Å². The summed E-state index contributed by atoms with van der Waals surface area (Å²) in [5.41, 5.74) is 0.736. The Balaban J connectivity index is 1.62. The van der Waals surface area contributed by atoms with E-state index in [-0.39, 0.29) is 17.7 Å². The van der Waals surface area contributed by atoms with Crippen LogP contribution in [0.4, 0.5) is 0 Å². The van der Waals surface area contributed by atoms with Gasteiger partial charge in [-0.15, -0.1) is 0 Å². The van der Waals surface area contributed by atoms with Crippen molar-refractivity contribution in [3.8, 4) is 0 Å². The fraction of sp³-hybridized carbons (Fsp3) is 0.600. The van der Waals surface area contributed by atoms with Gasteiger partial charge in [-0.05, 0) is 24.3 Å². The highest BCUT2D eigenvalue weighted by Crippen LogP contribution is 2.21. The average Bonchev–Trinajstić information content (AvgIpc) is 3.09. The Kier molecular flexibility index (Phi) is 4.55. The molecule has 3 rings (SSSR count). The molecule has 114 valence electrons. The summed E-state index contributed by atoms with van der Waals surface area (Å²) in [6, 6.07) is 1.85. The number of thiophene rings is 1. The number of hydrogen-bond donors (Lipinski definition) is 0. The molecule has 0 N–H and O–H groups in total. The second-order valence-corrected chi connectivity index (χ2v) is 6.32. The maximum atomic E-state index is 12.5. The van der Waals surface area contributed by atoms with Crippen molar-refractivity contribution < 1.29 is 14.3 Å². The van der Waals surface area contributed by atoms with Crippen molar-refractivity contribution >= 4 is 23.2 Å². The molecule has 0 bridgehead atoms. The van der Waals surface area contributed by atoms with Crippen LogP contribution < -0.4 is 0 Å². The molecule has 0 saturated carbocycles. The van der Waals surface area contributed by atoms with Crippen LogP contribution in [0.1, 0.15) is 23.2 Å². The van der Waals surface area contributed by atoms with Crippen molar-refractivity contribution in [2.45, 2.75) is 12.8 Å². The Morgan fingerprint density at radius 2 is 2.00 bits per heavy atom. The van der Waals surface area contributed by atoms with Gasteiger partial charge in [0.05, 0.1) is 24.7 Å². The minimum Gasteiger partial charge on any atom is -0.378 e. The number of ether oxygens (including phenoxy) is 1. The van der Waals surface area contributed by atoms with Crippen LogP contribution in [0.25, 0.3) is 0 Å². The summed E-state index contributed by atoms with van der Waals surface area (Å²) in [5.74, 6) is 0.177. The first-order valence-electron chi connectivity index (χ1n) is 7.43. The monoisotopic (exact) mass is 308 g/mol. The summed E-state index contributed by atoms with van der Waals surface area (Å²) in [6.45, 7) is 3.89. The van der Waals surface area contributed by atoms with Crippen molar-refractivity contribution in [1.29, 1.82) is 0 Å². The quantitative estimate of drug-likeness (QED) is 0.831. The lowest BCUT2D eigenvalue weighted by atomic mass is 9.96. The Hall–Kier alpha value is -1.40. The van der Waals surface area contributed by atoms with Gasteiger partial charge in [-0.1, -0.05) is 0 Å². The van der Waals surface area contributed by atoms with Gasteiger partial charge in [0.25, 0.3) is 5.91 Å². The highest BCUT2D eigenvalue weighted by Gasteiger charge is 2.32. The largest absolute Gasteiger partial charge is 0.378 e. The molecule has 0 spiro atoms. The minimum absolute atomic E-state index is 0.0516. The Bertz CT molecular complexity index is 497. The molecule has 2 fully saturated rings. The van der Waals surface area contributed by atoms with E-state index in [1.165, 1.54) is 11.3 Å². The third kappa shape index (κ3) is 3.27. The minimum atomic E-state index is -0.0561.